The second-order valence-electron chi connectivity index (χ2n) is 3.06. The molecular formula is C10H10O5. The molecular weight excluding hydrogens is 200 g/mol. The van der Waals surface area contributed by atoms with Gasteiger partial charge < -0.3 is 19.3 Å². The number of rotatable bonds is 3. The van der Waals surface area contributed by atoms with E-state index in [2.05, 4.69) is 0 Å². The van der Waals surface area contributed by atoms with Crippen LogP contribution in [0.1, 0.15) is 5.56 Å². The van der Waals surface area contributed by atoms with Crippen molar-refractivity contribution >= 4 is 5.97 Å². The van der Waals surface area contributed by atoms with Gasteiger partial charge in [0.15, 0.2) is 11.5 Å². The van der Waals surface area contributed by atoms with Crippen molar-refractivity contribution in [1.29, 1.82) is 0 Å². The molecule has 0 spiro atoms. The van der Waals surface area contributed by atoms with Gasteiger partial charge in [-0.25, -0.2) is 0 Å². The first-order valence-corrected chi connectivity index (χ1v) is 4.39. The zero-order valence-corrected chi connectivity index (χ0v) is 8.15. The summed E-state index contributed by atoms with van der Waals surface area (Å²) in [7, 11) is 1.47. The average Bonchev–Trinajstić information content (AvgIpc) is 2.64. The molecule has 0 saturated heterocycles. The lowest BCUT2D eigenvalue weighted by Gasteiger charge is -2.08. The number of carbonyl (C=O) groups is 1. The van der Waals surface area contributed by atoms with Crippen molar-refractivity contribution < 1.29 is 24.1 Å². The Morgan fingerprint density at radius 1 is 1.53 bits per heavy atom. The maximum atomic E-state index is 10.6. The summed E-state index contributed by atoms with van der Waals surface area (Å²) >= 11 is 0. The minimum absolute atomic E-state index is 0.0974. The number of hydrogen-bond donors (Lipinski definition) is 1. The summed E-state index contributed by atoms with van der Waals surface area (Å²) in [4.78, 5) is 10.6. The van der Waals surface area contributed by atoms with E-state index in [9.17, 15) is 4.79 Å². The van der Waals surface area contributed by atoms with E-state index in [0.717, 1.165) is 0 Å². The highest BCUT2D eigenvalue weighted by atomic mass is 16.7. The number of hydrogen-bond acceptors (Lipinski definition) is 4. The molecule has 1 aliphatic rings. The van der Waals surface area contributed by atoms with Crippen LogP contribution in [0.3, 0.4) is 0 Å². The van der Waals surface area contributed by atoms with Gasteiger partial charge in [0.2, 0.25) is 12.5 Å². The van der Waals surface area contributed by atoms with Crippen LogP contribution < -0.4 is 14.2 Å². The summed E-state index contributed by atoms with van der Waals surface area (Å²) in [6, 6.07) is 3.35. The predicted octanol–water partition coefficient (Wildman–Crippen LogP) is 1.05. The van der Waals surface area contributed by atoms with Gasteiger partial charge in [-0.2, -0.15) is 0 Å². The van der Waals surface area contributed by atoms with Crippen LogP contribution in [-0.2, 0) is 11.2 Å². The second kappa shape index (κ2) is 3.68. The highest BCUT2D eigenvalue weighted by Gasteiger charge is 2.22. The zero-order chi connectivity index (χ0) is 10.8. The molecule has 1 N–H and O–H groups in total. The molecule has 15 heavy (non-hydrogen) atoms. The van der Waals surface area contributed by atoms with Crippen LogP contribution in [-0.4, -0.2) is 25.0 Å². The third kappa shape index (κ3) is 1.68. The molecule has 80 valence electrons. The number of aliphatic carboxylic acids is 1. The summed E-state index contributed by atoms with van der Waals surface area (Å²) in [5, 5.41) is 8.71. The summed E-state index contributed by atoms with van der Waals surface area (Å²) in [6.45, 7) is 0.141. The smallest absolute Gasteiger partial charge is 0.307 e. The molecule has 1 aliphatic heterocycles. The molecule has 0 unspecified atom stereocenters. The van der Waals surface area contributed by atoms with E-state index in [0.29, 0.717) is 22.8 Å². The molecule has 0 saturated carbocycles. The molecule has 0 aliphatic carbocycles. The highest BCUT2D eigenvalue weighted by molar-refractivity contribution is 5.73. The van der Waals surface area contributed by atoms with Gasteiger partial charge >= 0.3 is 5.97 Å². The van der Waals surface area contributed by atoms with Crippen LogP contribution >= 0.6 is 0 Å². The predicted molar refractivity (Wildman–Crippen MR) is 50.5 cm³/mol. The SMILES string of the molecule is COc1c(CC(=O)O)ccc2c1OCO2. The standard InChI is InChI=1S/C10H10O5/c1-13-9-6(4-8(11)12)2-3-7-10(9)15-5-14-7/h2-3H,4-5H2,1H3,(H,11,12). The van der Waals surface area contributed by atoms with Gasteiger partial charge in [0.1, 0.15) is 0 Å². The van der Waals surface area contributed by atoms with Crippen molar-refractivity contribution in [2.24, 2.45) is 0 Å². The monoisotopic (exact) mass is 210 g/mol. The van der Waals surface area contributed by atoms with Crippen LogP contribution in [0.2, 0.25) is 0 Å². The van der Waals surface area contributed by atoms with Crippen LogP contribution in [0.25, 0.3) is 0 Å². The number of ether oxygens (including phenoxy) is 3. The maximum absolute atomic E-state index is 10.6. The lowest BCUT2D eigenvalue weighted by molar-refractivity contribution is -0.136. The van der Waals surface area contributed by atoms with E-state index < -0.39 is 5.97 Å². The Balaban J connectivity index is 2.43. The minimum atomic E-state index is -0.910. The quantitative estimate of drug-likeness (QED) is 0.807. The number of methoxy groups -OCH3 is 1. The number of carboxylic acids is 1. The van der Waals surface area contributed by atoms with Gasteiger partial charge in [0, 0.05) is 5.56 Å². The minimum Gasteiger partial charge on any atom is -0.492 e. The molecule has 0 radical (unpaired) electrons. The van der Waals surface area contributed by atoms with E-state index in [4.69, 9.17) is 19.3 Å². The maximum Gasteiger partial charge on any atom is 0.307 e. The summed E-state index contributed by atoms with van der Waals surface area (Å²) in [5.41, 5.74) is 0.578. The average molecular weight is 210 g/mol. The first-order chi connectivity index (χ1) is 7.22. The number of fused-ring (bicyclic) bond motifs is 1. The molecule has 0 aromatic heterocycles. The van der Waals surface area contributed by atoms with Crippen molar-refractivity contribution in [2.45, 2.75) is 6.42 Å². The third-order valence-corrected chi connectivity index (χ3v) is 2.12. The van der Waals surface area contributed by atoms with Crippen molar-refractivity contribution in [3.63, 3.8) is 0 Å². The van der Waals surface area contributed by atoms with Gasteiger partial charge in [0.05, 0.1) is 13.5 Å². The Kier molecular flexibility index (Phi) is 2.37. The van der Waals surface area contributed by atoms with Gasteiger partial charge in [0.25, 0.3) is 0 Å². The second-order valence-corrected chi connectivity index (χ2v) is 3.06. The molecule has 1 aromatic rings. The molecule has 5 nitrogen and oxygen atoms in total. The third-order valence-electron chi connectivity index (χ3n) is 2.12. The first-order valence-electron chi connectivity index (χ1n) is 4.39. The fraction of sp³-hybridized carbons (Fsp3) is 0.300. The summed E-state index contributed by atoms with van der Waals surface area (Å²) < 4.78 is 15.5. The Bertz CT molecular complexity index is 399. The lowest BCUT2D eigenvalue weighted by atomic mass is 10.1. The molecule has 0 amide bonds. The molecule has 0 bridgehead atoms. The van der Waals surface area contributed by atoms with Crippen molar-refractivity contribution in [2.75, 3.05) is 13.9 Å². The largest absolute Gasteiger partial charge is 0.492 e. The van der Waals surface area contributed by atoms with Gasteiger partial charge in [-0.15, -0.1) is 0 Å². The molecule has 0 fully saturated rings. The van der Waals surface area contributed by atoms with Gasteiger partial charge in [-0.1, -0.05) is 6.07 Å². The first kappa shape index (κ1) is 9.64. The van der Waals surface area contributed by atoms with E-state index in [1.165, 1.54) is 7.11 Å². The Labute approximate surface area is 86.2 Å². The van der Waals surface area contributed by atoms with Crippen LogP contribution in [0, 0.1) is 0 Å². The Morgan fingerprint density at radius 2 is 2.33 bits per heavy atom. The molecule has 5 heteroatoms. The van der Waals surface area contributed by atoms with Crippen LogP contribution in [0.4, 0.5) is 0 Å². The topological polar surface area (TPSA) is 65.0 Å². The molecule has 1 aromatic carbocycles. The Morgan fingerprint density at radius 3 is 3.00 bits per heavy atom. The number of benzene rings is 1. The van der Waals surface area contributed by atoms with E-state index in [1.54, 1.807) is 12.1 Å². The fourth-order valence-electron chi connectivity index (χ4n) is 1.51. The molecule has 1 heterocycles. The zero-order valence-electron chi connectivity index (χ0n) is 8.15. The van der Waals surface area contributed by atoms with E-state index in [1.807, 2.05) is 0 Å². The molecule has 2 rings (SSSR count). The van der Waals surface area contributed by atoms with E-state index in [-0.39, 0.29) is 13.2 Å². The van der Waals surface area contributed by atoms with Gasteiger partial charge in [-0.05, 0) is 6.07 Å². The normalized spacial score (nSPS) is 12.6. The molecule has 0 atom stereocenters. The summed E-state index contributed by atoms with van der Waals surface area (Å²) in [6.07, 6.45) is -0.0974. The van der Waals surface area contributed by atoms with Crippen LogP contribution in [0.5, 0.6) is 17.2 Å². The van der Waals surface area contributed by atoms with Crippen molar-refractivity contribution in [3.8, 4) is 17.2 Å². The lowest BCUT2D eigenvalue weighted by Crippen LogP contribution is -2.02. The van der Waals surface area contributed by atoms with Crippen molar-refractivity contribution in [1.82, 2.24) is 0 Å². The van der Waals surface area contributed by atoms with Crippen LogP contribution in [0.15, 0.2) is 12.1 Å². The highest BCUT2D eigenvalue weighted by Crippen LogP contribution is 2.43. The van der Waals surface area contributed by atoms with E-state index >= 15 is 0 Å². The number of carboxylic acid groups (broad SMARTS) is 1. The fourth-order valence-corrected chi connectivity index (χ4v) is 1.51. The Hall–Kier alpha value is -1.91. The van der Waals surface area contributed by atoms with Gasteiger partial charge in [-0.3, -0.25) is 4.79 Å². The summed E-state index contributed by atoms with van der Waals surface area (Å²) in [5.74, 6) is 0.594. The van der Waals surface area contributed by atoms with Crippen molar-refractivity contribution in [3.05, 3.63) is 17.7 Å².